The van der Waals surface area contributed by atoms with Crippen LogP contribution in [0, 0.1) is 5.82 Å². The average Bonchev–Trinajstić information content (AvgIpc) is 3.54. The Morgan fingerprint density at radius 2 is 1.95 bits per heavy atom. The van der Waals surface area contributed by atoms with Crippen LogP contribution in [0.5, 0.6) is 5.06 Å². The van der Waals surface area contributed by atoms with Crippen LogP contribution < -0.4 is 15.9 Å². The molecule has 2 aromatic carbocycles. The maximum Gasteiger partial charge on any atom is 0.200 e. The zero-order valence-electron chi connectivity index (χ0n) is 19.8. The van der Waals surface area contributed by atoms with E-state index in [4.69, 9.17) is 20.0 Å². The summed E-state index contributed by atoms with van der Waals surface area (Å²) in [7, 11) is 1.60. The number of ether oxygens (including phenoxy) is 1. The smallest absolute Gasteiger partial charge is 0.200 e. The van der Waals surface area contributed by atoms with Crippen LogP contribution in [-0.2, 0) is 0 Å². The van der Waals surface area contributed by atoms with E-state index in [2.05, 4.69) is 9.97 Å². The van der Waals surface area contributed by atoms with E-state index in [1.807, 2.05) is 18.4 Å². The third kappa shape index (κ3) is 3.73. The van der Waals surface area contributed by atoms with E-state index < -0.39 is 11.9 Å². The number of aromatic nitrogens is 4. The second-order valence-corrected chi connectivity index (χ2v) is 9.34. The molecular formula is C27H20FN5O3S. The number of methoxy groups -OCH3 is 1. The van der Waals surface area contributed by atoms with Gasteiger partial charge in [0.25, 0.3) is 0 Å². The molecule has 0 saturated carbocycles. The highest BCUT2D eigenvalue weighted by molar-refractivity contribution is 7.12. The molecular weight excluding hydrogens is 493 g/mol. The third-order valence-corrected chi connectivity index (χ3v) is 7.14. The molecule has 0 fully saturated rings. The first-order valence-corrected chi connectivity index (χ1v) is 12.3. The molecule has 0 spiro atoms. The maximum absolute atomic E-state index is 14.2. The SMILES string of the molecule is COc1cc(-c2nn(C(C)c3oc4ccccc4c(=O)c3-c3cccc(F)c3)c3ncnc(N)c23)cs1. The Bertz CT molecular complexity index is 1860. The van der Waals surface area contributed by atoms with Gasteiger partial charge >= 0.3 is 0 Å². The second kappa shape index (κ2) is 8.82. The van der Waals surface area contributed by atoms with Crippen molar-refractivity contribution in [3.05, 3.63) is 88.1 Å². The maximum atomic E-state index is 14.2. The molecule has 4 heterocycles. The predicted octanol–water partition coefficient (Wildman–Crippen LogP) is 5.67. The molecule has 10 heteroatoms. The Morgan fingerprint density at radius 1 is 1.11 bits per heavy atom. The van der Waals surface area contributed by atoms with E-state index in [9.17, 15) is 9.18 Å². The van der Waals surface area contributed by atoms with Crippen LogP contribution in [0.2, 0.25) is 0 Å². The molecule has 0 aliphatic rings. The van der Waals surface area contributed by atoms with Gasteiger partial charge < -0.3 is 14.9 Å². The lowest BCUT2D eigenvalue weighted by Gasteiger charge is -2.17. The number of fused-ring (bicyclic) bond motifs is 2. The molecule has 0 amide bonds. The molecule has 0 bridgehead atoms. The lowest BCUT2D eigenvalue weighted by molar-refractivity contribution is 0.427. The zero-order valence-corrected chi connectivity index (χ0v) is 20.6. The lowest BCUT2D eigenvalue weighted by atomic mass is 9.99. The van der Waals surface area contributed by atoms with Crippen molar-refractivity contribution < 1.29 is 13.5 Å². The number of nitrogen functional groups attached to an aromatic ring is 1. The summed E-state index contributed by atoms with van der Waals surface area (Å²) in [5.41, 5.74) is 8.95. The summed E-state index contributed by atoms with van der Waals surface area (Å²) in [5.74, 6) is 0.140. The van der Waals surface area contributed by atoms with Gasteiger partial charge in [-0.25, -0.2) is 19.0 Å². The summed E-state index contributed by atoms with van der Waals surface area (Å²) in [6, 6.07) is 14.1. The normalized spacial score (nSPS) is 12.3. The number of thiophene rings is 1. The van der Waals surface area contributed by atoms with Crippen molar-refractivity contribution in [2.75, 3.05) is 12.8 Å². The van der Waals surface area contributed by atoms with Crippen LogP contribution in [-0.4, -0.2) is 26.9 Å². The standard InChI is InChI=1S/C27H20FN5O3S/c1-14(33-27-22(26(29)30-13-31-27)23(32-33)16-11-20(35-2)37-12-16)25-21(15-6-5-7-17(28)10-15)24(34)18-8-3-4-9-19(18)36-25/h3-14H,1-2H3,(H2,29,30,31). The van der Waals surface area contributed by atoms with Crippen molar-refractivity contribution in [3.8, 4) is 27.4 Å². The van der Waals surface area contributed by atoms with E-state index in [-0.39, 0.29) is 16.8 Å². The number of halogens is 1. The van der Waals surface area contributed by atoms with Gasteiger partial charge in [0.1, 0.15) is 41.0 Å². The lowest BCUT2D eigenvalue weighted by Crippen LogP contribution is -2.16. The predicted molar refractivity (Wildman–Crippen MR) is 141 cm³/mol. The minimum Gasteiger partial charge on any atom is -0.487 e. The molecule has 184 valence electrons. The van der Waals surface area contributed by atoms with Crippen LogP contribution in [0.1, 0.15) is 18.7 Å². The van der Waals surface area contributed by atoms with Crippen LogP contribution >= 0.6 is 11.3 Å². The average molecular weight is 514 g/mol. The van der Waals surface area contributed by atoms with Gasteiger partial charge in [-0.3, -0.25) is 4.79 Å². The molecule has 1 unspecified atom stereocenters. The number of nitrogens with two attached hydrogens (primary N) is 1. The van der Waals surface area contributed by atoms with Crippen molar-refractivity contribution in [2.24, 2.45) is 0 Å². The highest BCUT2D eigenvalue weighted by Crippen LogP contribution is 2.38. The molecule has 0 aliphatic heterocycles. The fourth-order valence-corrected chi connectivity index (χ4v) is 5.21. The summed E-state index contributed by atoms with van der Waals surface area (Å²) in [6.07, 6.45) is 1.37. The first kappa shape index (κ1) is 22.9. The molecule has 8 nitrogen and oxygen atoms in total. The van der Waals surface area contributed by atoms with E-state index in [1.54, 1.807) is 48.2 Å². The molecule has 0 aliphatic carbocycles. The van der Waals surface area contributed by atoms with Gasteiger partial charge in [-0.1, -0.05) is 24.3 Å². The van der Waals surface area contributed by atoms with Gasteiger partial charge in [0.2, 0.25) is 5.43 Å². The monoisotopic (exact) mass is 513 g/mol. The van der Waals surface area contributed by atoms with Crippen LogP contribution in [0.3, 0.4) is 0 Å². The third-order valence-electron chi connectivity index (χ3n) is 6.25. The number of nitrogens with zero attached hydrogens (tertiary/aromatic N) is 4. The Balaban J connectivity index is 1.63. The number of para-hydroxylation sites is 1. The van der Waals surface area contributed by atoms with E-state index in [0.717, 1.165) is 10.6 Å². The molecule has 0 saturated heterocycles. The molecule has 4 aromatic heterocycles. The van der Waals surface area contributed by atoms with Gasteiger partial charge in [0.05, 0.1) is 23.4 Å². The van der Waals surface area contributed by atoms with Crippen LogP contribution in [0.4, 0.5) is 10.2 Å². The Hall–Kier alpha value is -4.57. The summed E-state index contributed by atoms with van der Waals surface area (Å²) in [6.45, 7) is 1.85. The van der Waals surface area contributed by atoms with Crippen LogP contribution in [0.25, 0.3) is 44.4 Å². The molecule has 0 radical (unpaired) electrons. The van der Waals surface area contributed by atoms with Crippen molar-refractivity contribution >= 4 is 39.2 Å². The summed E-state index contributed by atoms with van der Waals surface area (Å²) in [4.78, 5) is 22.3. The van der Waals surface area contributed by atoms with Gasteiger partial charge in [-0.05, 0) is 36.8 Å². The number of hydrogen-bond acceptors (Lipinski definition) is 8. The molecule has 6 rings (SSSR count). The van der Waals surface area contributed by atoms with Crippen molar-refractivity contribution in [2.45, 2.75) is 13.0 Å². The van der Waals surface area contributed by atoms with Crippen LogP contribution in [0.15, 0.2) is 75.5 Å². The highest BCUT2D eigenvalue weighted by atomic mass is 32.1. The fourth-order valence-electron chi connectivity index (χ4n) is 4.50. The van der Waals surface area contributed by atoms with Crippen molar-refractivity contribution in [3.63, 3.8) is 0 Å². The largest absolute Gasteiger partial charge is 0.487 e. The van der Waals surface area contributed by atoms with Crippen molar-refractivity contribution in [1.82, 2.24) is 19.7 Å². The quantitative estimate of drug-likeness (QED) is 0.316. The topological polar surface area (TPSA) is 109 Å². The number of anilines is 1. The molecule has 2 N–H and O–H groups in total. The van der Waals surface area contributed by atoms with E-state index in [1.165, 1.54) is 29.8 Å². The van der Waals surface area contributed by atoms with Gasteiger partial charge in [-0.2, -0.15) is 5.10 Å². The zero-order chi connectivity index (χ0) is 25.7. The summed E-state index contributed by atoms with van der Waals surface area (Å²) >= 11 is 1.43. The molecule has 37 heavy (non-hydrogen) atoms. The first-order valence-electron chi connectivity index (χ1n) is 11.4. The second-order valence-electron chi connectivity index (χ2n) is 8.46. The Morgan fingerprint density at radius 3 is 2.73 bits per heavy atom. The Kier molecular flexibility index (Phi) is 5.45. The number of hydrogen-bond donors (Lipinski definition) is 1. The summed E-state index contributed by atoms with van der Waals surface area (Å²) < 4.78 is 27.6. The minimum atomic E-state index is -0.610. The van der Waals surface area contributed by atoms with Crippen molar-refractivity contribution in [1.29, 1.82) is 0 Å². The summed E-state index contributed by atoms with van der Waals surface area (Å²) in [5, 5.41) is 8.46. The van der Waals surface area contributed by atoms with E-state index >= 15 is 0 Å². The van der Waals surface area contributed by atoms with Gasteiger partial charge in [-0.15, -0.1) is 11.3 Å². The van der Waals surface area contributed by atoms with E-state index in [0.29, 0.717) is 39.0 Å². The first-order chi connectivity index (χ1) is 18.0. The number of rotatable bonds is 5. The highest BCUT2D eigenvalue weighted by Gasteiger charge is 2.27. The Labute approximate surface area is 213 Å². The fraction of sp³-hybridized carbons (Fsp3) is 0.111. The number of benzene rings is 2. The molecule has 1 atom stereocenters. The van der Waals surface area contributed by atoms with Gasteiger partial charge in [0.15, 0.2) is 10.7 Å². The molecule has 6 aromatic rings. The van der Waals surface area contributed by atoms with Gasteiger partial charge in [0, 0.05) is 17.0 Å². The minimum absolute atomic E-state index is 0.259.